The number of amides is 3. The van der Waals surface area contributed by atoms with Gasteiger partial charge in [-0.3, -0.25) is 4.79 Å². The fourth-order valence-corrected chi connectivity index (χ4v) is 3.16. The van der Waals surface area contributed by atoms with Crippen molar-refractivity contribution in [2.75, 3.05) is 4.90 Å². The lowest BCUT2D eigenvalue weighted by Crippen LogP contribution is -2.51. The van der Waals surface area contributed by atoms with E-state index in [1.807, 2.05) is 0 Å². The van der Waals surface area contributed by atoms with E-state index >= 15 is 0 Å². The first-order valence-electron chi connectivity index (χ1n) is 6.70. The number of halogens is 1. The number of nitrogens with zero attached hydrogens (tertiary/aromatic N) is 1. The number of hydrogen-bond donors (Lipinski definition) is 2. The van der Waals surface area contributed by atoms with Gasteiger partial charge in [0.25, 0.3) is 5.91 Å². The Morgan fingerprint density at radius 1 is 1.25 bits per heavy atom. The van der Waals surface area contributed by atoms with Gasteiger partial charge in [-0.2, -0.15) is 0 Å². The van der Waals surface area contributed by atoms with Gasteiger partial charge < -0.3 is 11.1 Å². The minimum atomic E-state index is -0.799. The van der Waals surface area contributed by atoms with E-state index in [1.165, 1.54) is 0 Å². The van der Waals surface area contributed by atoms with Gasteiger partial charge in [-0.1, -0.05) is 23.7 Å². The number of benzene rings is 1. The van der Waals surface area contributed by atoms with Gasteiger partial charge in [0.15, 0.2) is 0 Å². The molecule has 0 aromatic heterocycles. The Labute approximate surface area is 122 Å². The normalized spacial score (nSPS) is 29.9. The molecule has 0 atom stereocenters. The molecule has 2 fully saturated rings. The third kappa shape index (κ3) is 1.98. The first-order valence-corrected chi connectivity index (χ1v) is 7.08. The van der Waals surface area contributed by atoms with E-state index in [4.69, 9.17) is 17.3 Å². The van der Waals surface area contributed by atoms with Crippen molar-refractivity contribution < 1.29 is 9.59 Å². The van der Waals surface area contributed by atoms with Gasteiger partial charge in [0.2, 0.25) is 0 Å². The lowest BCUT2D eigenvalue weighted by molar-refractivity contribution is -0.123. The first-order chi connectivity index (χ1) is 9.53. The molecule has 1 aromatic carbocycles. The summed E-state index contributed by atoms with van der Waals surface area (Å²) in [6.07, 6.45) is 2.64. The quantitative estimate of drug-likeness (QED) is 0.778. The average molecular weight is 294 g/mol. The maximum atomic E-state index is 12.7. The number of urea groups is 1. The van der Waals surface area contributed by atoms with Crippen molar-refractivity contribution >= 4 is 29.2 Å². The predicted molar refractivity (Wildman–Crippen MR) is 76.6 cm³/mol. The smallest absolute Gasteiger partial charge is 0.328 e. The van der Waals surface area contributed by atoms with Crippen LogP contribution >= 0.6 is 11.6 Å². The highest BCUT2D eigenvalue weighted by Crippen LogP contribution is 2.37. The number of rotatable bonds is 1. The molecule has 0 unspecified atom stereocenters. The Hall–Kier alpha value is -1.59. The van der Waals surface area contributed by atoms with Gasteiger partial charge in [-0.05, 0) is 37.8 Å². The Bertz CT molecular complexity index is 567. The molecule has 1 aliphatic heterocycles. The standard InChI is InChI=1S/C14H16ClN3O2/c15-10-3-1-2-4-11(10)18-12(19)14(17-13(18)20)7-5-9(16)6-8-14/h1-4,9H,5-8,16H2,(H,17,20). The molecule has 0 bridgehead atoms. The molecule has 3 N–H and O–H groups in total. The summed E-state index contributed by atoms with van der Waals surface area (Å²) < 4.78 is 0. The molecule has 3 rings (SSSR count). The molecule has 1 aromatic rings. The number of carbonyl (C=O) groups excluding carboxylic acids is 2. The zero-order valence-electron chi connectivity index (χ0n) is 10.9. The van der Waals surface area contributed by atoms with Crippen LogP contribution in [0.5, 0.6) is 0 Å². The summed E-state index contributed by atoms with van der Waals surface area (Å²) in [5.41, 5.74) is 5.51. The molecule has 1 heterocycles. The maximum Gasteiger partial charge on any atom is 0.329 e. The van der Waals surface area contributed by atoms with E-state index in [0.29, 0.717) is 23.6 Å². The highest BCUT2D eigenvalue weighted by Gasteiger charge is 2.52. The second-order valence-electron chi connectivity index (χ2n) is 5.44. The third-order valence-corrected chi connectivity index (χ3v) is 4.46. The van der Waals surface area contributed by atoms with Crippen LogP contribution in [-0.2, 0) is 4.79 Å². The van der Waals surface area contributed by atoms with Crippen molar-refractivity contribution in [3.63, 3.8) is 0 Å². The Morgan fingerprint density at radius 3 is 2.55 bits per heavy atom. The van der Waals surface area contributed by atoms with E-state index in [0.717, 1.165) is 17.7 Å². The van der Waals surface area contributed by atoms with Crippen LogP contribution in [0.3, 0.4) is 0 Å². The van der Waals surface area contributed by atoms with Crippen molar-refractivity contribution in [2.45, 2.75) is 37.3 Å². The molecule has 0 radical (unpaired) electrons. The number of anilines is 1. The number of carbonyl (C=O) groups is 2. The van der Waals surface area contributed by atoms with E-state index in [1.54, 1.807) is 24.3 Å². The Morgan fingerprint density at radius 2 is 1.90 bits per heavy atom. The molecule has 1 aliphatic carbocycles. The second-order valence-corrected chi connectivity index (χ2v) is 5.85. The van der Waals surface area contributed by atoms with Crippen molar-refractivity contribution in [1.29, 1.82) is 0 Å². The fourth-order valence-electron chi connectivity index (χ4n) is 2.94. The number of nitrogens with one attached hydrogen (secondary N) is 1. The SMILES string of the molecule is NC1CCC2(CC1)NC(=O)N(c1ccccc1Cl)C2=O. The zero-order chi connectivity index (χ0) is 14.3. The van der Waals surface area contributed by atoms with Crippen LogP contribution < -0.4 is 16.0 Å². The van der Waals surface area contributed by atoms with Crippen molar-refractivity contribution in [3.05, 3.63) is 29.3 Å². The van der Waals surface area contributed by atoms with Crippen LogP contribution in [0.15, 0.2) is 24.3 Å². The highest BCUT2D eigenvalue weighted by atomic mass is 35.5. The Kier molecular flexibility index (Phi) is 3.18. The van der Waals surface area contributed by atoms with Gasteiger partial charge in [0.05, 0.1) is 10.7 Å². The first kappa shape index (κ1) is 13.4. The van der Waals surface area contributed by atoms with E-state index in [-0.39, 0.29) is 11.9 Å². The monoisotopic (exact) mass is 293 g/mol. The van der Waals surface area contributed by atoms with Gasteiger partial charge in [-0.15, -0.1) is 0 Å². The topological polar surface area (TPSA) is 75.4 Å². The van der Waals surface area contributed by atoms with Gasteiger partial charge in [0, 0.05) is 6.04 Å². The van der Waals surface area contributed by atoms with Gasteiger partial charge in [-0.25, -0.2) is 9.69 Å². The largest absolute Gasteiger partial charge is 0.329 e. The summed E-state index contributed by atoms with van der Waals surface area (Å²) >= 11 is 6.09. The van der Waals surface area contributed by atoms with Crippen LogP contribution in [0.4, 0.5) is 10.5 Å². The minimum absolute atomic E-state index is 0.111. The number of nitrogens with two attached hydrogens (primary N) is 1. The van der Waals surface area contributed by atoms with Crippen LogP contribution in [0.25, 0.3) is 0 Å². The van der Waals surface area contributed by atoms with E-state index < -0.39 is 11.6 Å². The molecular weight excluding hydrogens is 278 g/mol. The molecule has 1 spiro atoms. The molecule has 5 nitrogen and oxygen atoms in total. The number of hydrogen-bond acceptors (Lipinski definition) is 3. The maximum absolute atomic E-state index is 12.7. The summed E-state index contributed by atoms with van der Waals surface area (Å²) in [4.78, 5) is 26.0. The van der Waals surface area contributed by atoms with Crippen LogP contribution in [0.1, 0.15) is 25.7 Å². The molecule has 3 amide bonds. The molecule has 6 heteroatoms. The summed E-state index contributed by atoms with van der Waals surface area (Å²) in [6, 6.07) is 6.56. The van der Waals surface area contributed by atoms with Crippen LogP contribution in [0.2, 0.25) is 5.02 Å². The number of para-hydroxylation sites is 1. The summed E-state index contributed by atoms with van der Waals surface area (Å²) in [6.45, 7) is 0. The second kappa shape index (κ2) is 4.75. The summed E-state index contributed by atoms with van der Waals surface area (Å²) in [5, 5.41) is 3.23. The van der Waals surface area contributed by atoms with Gasteiger partial charge >= 0.3 is 6.03 Å². The molecule has 2 aliphatic rings. The van der Waals surface area contributed by atoms with E-state index in [2.05, 4.69) is 5.32 Å². The zero-order valence-corrected chi connectivity index (χ0v) is 11.7. The molecule has 1 saturated heterocycles. The molecule has 20 heavy (non-hydrogen) atoms. The van der Waals surface area contributed by atoms with Crippen molar-refractivity contribution in [1.82, 2.24) is 5.32 Å². The van der Waals surface area contributed by atoms with Crippen LogP contribution in [0, 0.1) is 0 Å². The van der Waals surface area contributed by atoms with Gasteiger partial charge in [0.1, 0.15) is 5.54 Å². The van der Waals surface area contributed by atoms with Crippen molar-refractivity contribution in [2.24, 2.45) is 5.73 Å². The fraction of sp³-hybridized carbons (Fsp3) is 0.429. The Balaban J connectivity index is 1.94. The predicted octanol–water partition coefficient (Wildman–Crippen LogP) is 2.04. The average Bonchev–Trinajstić information content (AvgIpc) is 2.66. The summed E-state index contributed by atoms with van der Waals surface area (Å²) in [7, 11) is 0. The highest BCUT2D eigenvalue weighted by molar-refractivity contribution is 6.36. The minimum Gasteiger partial charge on any atom is -0.328 e. The molecule has 106 valence electrons. The lowest BCUT2D eigenvalue weighted by atomic mass is 9.79. The van der Waals surface area contributed by atoms with Crippen molar-refractivity contribution in [3.8, 4) is 0 Å². The van der Waals surface area contributed by atoms with Crippen LogP contribution in [-0.4, -0.2) is 23.5 Å². The lowest BCUT2D eigenvalue weighted by Gasteiger charge is -2.33. The van der Waals surface area contributed by atoms with E-state index in [9.17, 15) is 9.59 Å². The third-order valence-electron chi connectivity index (χ3n) is 4.14. The summed E-state index contributed by atoms with van der Waals surface area (Å²) in [5.74, 6) is -0.220. The molecular formula is C14H16ClN3O2. The number of imide groups is 1. The molecule has 1 saturated carbocycles.